The second-order valence-corrected chi connectivity index (χ2v) is 3.31. The van der Waals surface area contributed by atoms with Crippen molar-refractivity contribution in [2.24, 2.45) is 0 Å². The number of H-pyrrole nitrogens is 1. The van der Waals surface area contributed by atoms with Crippen LogP contribution in [0.3, 0.4) is 0 Å². The Morgan fingerprint density at radius 3 is 2.71 bits per heavy atom. The van der Waals surface area contributed by atoms with E-state index in [1.54, 1.807) is 6.92 Å². The first-order valence-electron chi connectivity index (χ1n) is 4.49. The van der Waals surface area contributed by atoms with E-state index in [2.05, 4.69) is 4.98 Å². The van der Waals surface area contributed by atoms with Crippen LogP contribution >= 0.6 is 0 Å². The minimum Gasteiger partial charge on any atom is -0.396 e. The highest BCUT2D eigenvalue weighted by molar-refractivity contribution is 4.99. The number of aryl methyl sites for hydroxylation is 1. The lowest BCUT2D eigenvalue weighted by Gasteiger charge is -2.15. The van der Waals surface area contributed by atoms with E-state index in [4.69, 9.17) is 5.11 Å². The molecule has 0 saturated carbocycles. The second-order valence-electron chi connectivity index (χ2n) is 3.31. The Morgan fingerprint density at radius 2 is 2.21 bits per heavy atom. The molecule has 0 fully saturated rings. The topological polar surface area (TPSA) is 75.1 Å². The smallest absolute Gasteiger partial charge is 0.328 e. The largest absolute Gasteiger partial charge is 0.396 e. The van der Waals surface area contributed by atoms with Gasteiger partial charge in [-0.3, -0.25) is 14.3 Å². The van der Waals surface area contributed by atoms with Crippen LogP contribution in [0.1, 0.15) is 25.1 Å². The summed E-state index contributed by atoms with van der Waals surface area (Å²) < 4.78 is 1.47. The van der Waals surface area contributed by atoms with Crippen LogP contribution in [0.2, 0.25) is 0 Å². The zero-order valence-corrected chi connectivity index (χ0v) is 8.28. The molecule has 1 aromatic heterocycles. The Balaban J connectivity index is 3.21. The molecule has 0 radical (unpaired) electrons. The summed E-state index contributed by atoms with van der Waals surface area (Å²) in [6, 6.07) is 1.26. The number of aliphatic hydroxyl groups excluding tert-OH is 1. The van der Waals surface area contributed by atoms with Gasteiger partial charge in [-0.25, -0.2) is 4.79 Å². The summed E-state index contributed by atoms with van der Waals surface area (Å²) in [6.07, 6.45) is 0.493. The molecule has 1 aromatic rings. The van der Waals surface area contributed by atoms with Crippen LogP contribution in [0.5, 0.6) is 0 Å². The van der Waals surface area contributed by atoms with Crippen LogP contribution in [0.4, 0.5) is 0 Å². The van der Waals surface area contributed by atoms with Crippen LogP contribution in [0.25, 0.3) is 0 Å². The fraction of sp³-hybridized carbons (Fsp3) is 0.556. The van der Waals surface area contributed by atoms with Crippen LogP contribution in [0, 0.1) is 6.92 Å². The Kier molecular flexibility index (Phi) is 3.24. The van der Waals surface area contributed by atoms with Gasteiger partial charge in [0.05, 0.1) is 0 Å². The van der Waals surface area contributed by atoms with E-state index in [1.165, 1.54) is 10.6 Å². The van der Waals surface area contributed by atoms with Gasteiger partial charge in [-0.1, -0.05) is 0 Å². The lowest BCUT2D eigenvalue weighted by atomic mass is 10.2. The molecule has 1 heterocycles. The maximum absolute atomic E-state index is 11.4. The number of aromatic nitrogens is 2. The van der Waals surface area contributed by atoms with Crippen molar-refractivity contribution in [1.29, 1.82) is 0 Å². The number of aromatic amines is 1. The first-order chi connectivity index (χ1) is 6.56. The summed E-state index contributed by atoms with van der Waals surface area (Å²) in [6.45, 7) is 3.54. The highest BCUT2D eigenvalue weighted by atomic mass is 16.3. The zero-order valence-electron chi connectivity index (χ0n) is 8.28. The van der Waals surface area contributed by atoms with Crippen LogP contribution in [-0.4, -0.2) is 21.3 Å². The number of nitrogens with zero attached hydrogens (tertiary/aromatic N) is 1. The third-order valence-electron chi connectivity index (χ3n) is 2.16. The van der Waals surface area contributed by atoms with Crippen molar-refractivity contribution in [2.45, 2.75) is 26.3 Å². The minimum absolute atomic E-state index is 0.0200. The van der Waals surface area contributed by atoms with Gasteiger partial charge in [0.15, 0.2) is 0 Å². The van der Waals surface area contributed by atoms with Crippen molar-refractivity contribution in [3.05, 3.63) is 32.6 Å². The normalized spacial score (nSPS) is 12.8. The van der Waals surface area contributed by atoms with Crippen LogP contribution in [-0.2, 0) is 0 Å². The zero-order chi connectivity index (χ0) is 10.7. The third kappa shape index (κ3) is 2.11. The number of nitrogens with one attached hydrogen (secondary N) is 1. The standard InChI is InChI=1S/C9H14N2O3/c1-6(3-4-12)11-7(2)5-8(13)10-9(11)14/h5-6,12H,3-4H2,1-2H3,(H,10,13,14). The Bertz CT molecular complexity index is 419. The summed E-state index contributed by atoms with van der Waals surface area (Å²) in [5.74, 6) is 0. The first kappa shape index (κ1) is 10.7. The van der Waals surface area contributed by atoms with Gasteiger partial charge in [0.1, 0.15) is 0 Å². The molecular formula is C9H14N2O3. The van der Waals surface area contributed by atoms with Crippen molar-refractivity contribution in [1.82, 2.24) is 9.55 Å². The van der Waals surface area contributed by atoms with Gasteiger partial charge in [0.2, 0.25) is 0 Å². The summed E-state index contributed by atoms with van der Waals surface area (Å²) in [4.78, 5) is 24.5. The van der Waals surface area contributed by atoms with E-state index in [-0.39, 0.29) is 18.2 Å². The average Bonchev–Trinajstić information content (AvgIpc) is 2.01. The summed E-state index contributed by atoms with van der Waals surface area (Å²) in [5, 5.41) is 8.75. The molecule has 1 unspecified atom stereocenters. The highest BCUT2D eigenvalue weighted by Gasteiger charge is 2.09. The molecule has 1 atom stereocenters. The molecule has 5 nitrogen and oxygen atoms in total. The maximum atomic E-state index is 11.4. The van der Waals surface area contributed by atoms with Crippen LogP contribution < -0.4 is 11.2 Å². The summed E-state index contributed by atoms with van der Waals surface area (Å²) in [7, 11) is 0. The maximum Gasteiger partial charge on any atom is 0.328 e. The molecule has 0 aliphatic heterocycles. The van der Waals surface area contributed by atoms with Gasteiger partial charge in [-0.05, 0) is 20.3 Å². The van der Waals surface area contributed by atoms with Crippen LogP contribution in [0.15, 0.2) is 15.7 Å². The molecule has 0 aliphatic carbocycles. The van der Waals surface area contributed by atoms with E-state index in [0.29, 0.717) is 12.1 Å². The SMILES string of the molecule is Cc1cc(=O)[nH]c(=O)n1C(C)CCO. The van der Waals surface area contributed by atoms with Crippen molar-refractivity contribution >= 4 is 0 Å². The fourth-order valence-corrected chi connectivity index (χ4v) is 1.48. The molecule has 14 heavy (non-hydrogen) atoms. The van der Waals surface area contributed by atoms with Crippen molar-refractivity contribution in [3.63, 3.8) is 0 Å². The molecule has 78 valence electrons. The predicted octanol–water partition coefficient (Wildman–Crippen LogP) is -0.212. The molecule has 0 aliphatic rings. The van der Waals surface area contributed by atoms with Crippen molar-refractivity contribution in [3.8, 4) is 0 Å². The fourth-order valence-electron chi connectivity index (χ4n) is 1.48. The number of aliphatic hydroxyl groups is 1. The minimum atomic E-state index is -0.420. The van der Waals surface area contributed by atoms with Gasteiger partial charge in [-0.15, -0.1) is 0 Å². The van der Waals surface area contributed by atoms with E-state index in [1.807, 2.05) is 6.92 Å². The second kappa shape index (κ2) is 4.23. The summed E-state index contributed by atoms with van der Waals surface area (Å²) in [5.41, 5.74) is -0.199. The third-order valence-corrected chi connectivity index (χ3v) is 2.16. The molecule has 0 spiro atoms. The predicted molar refractivity (Wildman–Crippen MR) is 52.5 cm³/mol. The van der Waals surface area contributed by atoms with Gasteiger partial charge in [-0.2, -0.15) is 0 Å². The van der Waals surface area contributed by atoms with E-state index >= 15 is 0 Å². The van der Waals surface area contributed by atoms with Gasteiger partial charge in [0.25, 0.3) is 5.56 Å². The molecule has 2 N–H and O–H groups in total. The first-order valence-corrected chi connectivity index (χ1v) is 4.49. The lowest BCUT2D eigenvalue weighted by Crippen LogP contribution is -2.33. The molecule has 0 saturated heterocycles. The average molecular weight is 198 g/mol. The van der Waals surface area contributed by atoms with Gasteiger partial charge >= 0.3 is 5.69 Å². The quantitative estimate of drug-likeness (QED) is 0.705. The molecule has 0 amide bonds. The van der Waals surface area contributed by atoms with Gasteiger partial charge in [0, 0.05) is 24.4 Å². The number of rotatable bonds is 3. The Hall–Kier alpha value is -1.36. The van der Waals surface area contributed by atoms with Crippen molar-refractivity contribution < 1.29 is 5.11 Å². The summed E-state index contributed by atoms with van der Waals surface area (Å²) >= 11 is 0. The van der Waals surface area contributed by atoms with E-state index in [9.17, 15) is 9.59 Å². The Morgan fingerprint density at radius 1 is 1.57 bits per heavy atom. The molecule has 1 rings (SSSR count). The van der Waals surface area contributed by atoms with E-state index in [0.717, 1.165) is 0 Å². The number of hydrogen-bond donors (Lipinski definition) is 2. The molecule has 0 aromatic carbocycles. The lowest BCUT2D eigenvalue weighted by molar-refractivity contribution is 0.259. The highest BCUT2D eigenvalue weighted by Crippen LogP contribution is 2.07. The molecular weight excluding hydrogens is 184 g/mol. The number of hydrogen-bond acceptors (Lipinski definition) is 3. The molecule has 5 heteroatoms. The Labute approximate surface area is 81.0 Å². The van der Waals surface area contributed by atoms with E-state index < -0.39 is 5.69 Å². The molecule has 0 bridgehead atoms. The van der Waals surface area contributed by atoms with Crippen molar-refractivity contribution in [2.75, 3.05) is 6.61 Å². The monoisotopic (exact) mass is 198 g/mol. The van der Waals surface area contributed by atoms with Gasteiger partial charge < -0.3 is 5.11 Å².